The molecule has 0 spiro atoms. The summed E-state index contributed by atoms with van der Waals surface area (Å²) in [5, 5.41) is 0. The molecule has 0 amide bonds. The molecule has 0 bridgehead atoms. The number of aryl methyl sites for hydroxylation is 6. The van der Waals surface area contributed by atoms with Gasteiger partial charge in [0, 0.05) is 7.11 Å². The van der Waals surface area contributed by atoms with E-state index in [0.29, 0.717) is 22.7 Å². The second-order valence-electron chi connectivity index (χ2n) is 7.58. The van der Waals surface area contributed by atoms with Crippen molar-refractivity contribution in [1.29, 1.82) is 0 Å². The van der Waals surface area contributed by atoms with Gasteiger partial charge in [-0.15, -0.1) is 0 Å². The molecule has 8 heteroatoms. The quantitative estimate of drug-likeness (QED) is 0.402. The number of carbonyl (C=O) groups excluding carboxylic acids is 1. The molecular formula is C24H28N4O4. The van der Waals surface area contributed by atoms with Crippen molar-refractivity contribution in [3.8, 4) is 5.75 Å². The molecule has 168 valence electrons. The maximum Gasteiger partial charge on any atom is 0.338 e. The topological polar surface area (TPSA) is 96.3 Å². The maximum atomic E-state index is 12.6. The van der Waals surface area contributed by atoms with Crippen LogP contribution in [0.3, 0.4) is 0 Å². The predicted molar refractivity (Wildman–Crippen MR) is 118 cm³/mol. The summed E-state index contributed by atoms with van der Waals surface area (Å²) in [6, 6.07) is 6.73. The molecular weight excluding hydrogens is 408 g/mol. The average Bonchev–Trinajstić information content (AvgIpc) is 2.76. The van der Waals surface area contributed by atoms with E-state index < -0.39 is 12.3 Å². The van der Waals surface area contributed by atoms with Gasteiger partial charge in [0.15, 0.2) is 0 Å². The average molecular weight is 437 g/mol. The Labute approximate surface area is 188 Å². The van der Waals surface area contributed by atoms with Gasteiger partial charge in [0.25, 0.3) is 0 Å². The van der Waals surface area contributed by atoms with Crippen LogP contribution >= 0.6 is 0 Å². The molecule has 0 N–H and O–H groups in total. The molecule has 3 aromatic rings. The first-order chi connectivity index (χ1) is 15.2. The second kappa shape index (κ2) is 9.82. The Morgan fingerprint density at radius 1 is 0.844 bits per heavy atom. The highest BCUT2D eigenvalue weighted by Crippen LogP contribution is 2.25. The monoisotopic (exact) mass is 436 g/mol. The van der Waals surface area contributed by atoms with E-state index in [9.17, 15) is 4.79 Å². The van der Waals surface area contributed by atoms with Crippen LogP contribution in [0.25, 0.3) is 0 Å². The van der Waals surface area contributed by atoms with Crippen LogP contribution in [0.4, 0.5) is 0 Å². The lowest BCUT2D eigenvalue weighted by molar-refractivity contribution is -0.0600. The lowest BCUT2D eigenvalue weighted by Crippen LogP contribution is -2.16. The van der Waals surface area contributed by atoms with Crippen molar-refractivity contribution in [2.45, 2.75) is 54.4 Å². The van der Waals surface area contributed by atoms with Gasteiger partial charge in [-0.3, -0.25) is 15.0 Å². The number of hydrogen-bond acceptors (Lipinski definition) is 8. The van der Waals surface area contributed by atoms with Crippen LogP contribution in [0.2, 0.25) is 0 Å². The van der Waals surface area contributed by atoms with E-state index >= 15 is 0 Å². The summed E-state index contributed by atoms with van der Waals surface area (Å²) in [7, 11) is 1.53. The van der Waals surface area contributed by atoms with E-state index in [0.717, 1.165) is 34.2 Å². The minimum Gasteiger partial charge on any atom is -0.459 e. The van der Waals surface area contributed by atoms with Gasteiger partial charge in [-0.05, 0) is 59.7 Å². The Bertz CT molecular complexity index is 1150. The Hall–Kier alpha value is -3.39. The molecule has 0 aliphatic carbocycles. The number of methoxy groups -OCH3 is 1. The fraction of sp³-hybridized carbons (Fsp3) is 0.375. The highest BCUT2D eigenvalue weighted by Gasteiger charge is 2.20. The molecule has 1 aromatic carbocycles. The molecule has 0 saturated carbocycles. The number of esters is 1. The van der Waals surface area contributed by atoms with E-state index in [1.807, 2.05) is 41.5 Å². The predicted octanol–water partition coefficient (Wildman–Crippen LogP) is 4.20. The smallest absolute Gasteiger partial charge is 0.338 e. The van der Waals surface area contributed by atoms with Crippen molar-refractivity contribution in [1.82, 2.24) is 19.9 Å². The molecule has 1 atom stereocenters. The lowest BCUT2D eigenvalue weighted by atomic mass is 10.2. The molecule has 1 unspecified atom stereocenters. The van der Waals surface area contributed by atoms with E-state index in [-0.39, 0.29) is 6.61 Å². The van der Waals surface area contributed by atoms with Crippen LogP contribution in [0.15, 0.2) is 24.3 Å². The molecule has 0 aliphatic rings. The number of benzene rings is 1. The number of carbonyl (C=O) groups is 1. The largest absolute Gasteiger partial charge is 0.459 e. The molecule has 8 nitrogen and oxygen atoms in total. The maximum absolute atomic E-state index is 12.6. The Kier molecular flexibility index (Phi) is 7.15. The van der Waals surface area contributed by atoms with Gasteiger partial charge < -0.3 is 14.2 Å². The number of hydrogen-bond donors (Lipinski definition) is 0. The third kappa shape index (κ3) is 5.26. The van der Waals surface area contributed by atoms with Gasteiger partial charge in [-0.1, -0.05) is 6.07 Å². The molecule has 0 aliphatic heterocycles. The number of rotatable bonds is 7. The molecule has 32 heavy (non-hydrogen) atoms. The summed E-state index contributed by atoms with van der Waals surface area (Å²) >= 11 is 0. The van der Waals surface area contributed by atoms with Gasteiger partial charge in [0.2, 0.25) is 6.29 Å². The number of aromatic nitrogens is 4. The standard InChI is InChI=1S/C24H28N4O4/c1-13-15(3)27-21(17(5)25-13)12-31-23(29)19-9-8-10-20(11-19)32-24(30-7)22-18(6)26-14(2)16(4)28-22/h8-11,24H,12H2,1-7H3. The van der Waals surface area contributed by atoms with Crippen LogP contribution in [-0.2, 0) is 16.1 Å². The van der Waals surface area contributed by atoms with Crippen LogP contribution in [0, 0.1) is 41.5 Å². The van der Waals surface area contributed by atoms with Gasteiger partial charge >= 0.3 is 5.97 Å². The third-order valence-corrected chi connectivity index (χ3v) is 5.19. The van der Waals surface area contributed by atoms with Gasteiger partial charge in [0.1, 0.15) is 18.1 Å². The summed E-state index contributed by atoms with van der Waals surface area (Å²) in [4.78, 5) is 30.6. The fourth-order valence-corrected chi connectivity index (χ4v) is 3.11. The minimum absolute atomic E-state index is 0.0436. The number of ether oxygens (including phenoxy) is 3. The van der Waals surface area contributed by atoms with E-state index in [4.69, 9.17) is 14.2 Å². The van der Waals surface area contributed by atoms with Crippen molar-refractivity contribution in [2.24, 2.45) is 0 Å². The van der Waals surface area contributed by atoms with Crippen molar-refractivity contribution in [2.75, 3.05) is 7.11 Å². The van der Waals surface area contributed by atoms with Gasteiger partial charge in [-0.25, -0.2) is 9.78 Å². The van der Waals surface area contributed by atoms with Crippen molar-refractivity contribution >= 4 is 5.97 Å². The first-order valence-corrected chi connectivity index (χ1v) is 10.3. The summed E-state index contributed by atoms with van der Waals surface area (Å²) in [5.74, 6) is -0.0288. The normalized spacial score (nSPS) is 11.8. The highest BCUT2D eigenvalue weighted by molar-refractivity contribution is 5.89. The Morgan fingerprint density at radius 3 is 2.16 bits per heavy atom. The van der Waals surface area contributed by atoms with Crippen molar-refractivity contribution < 1.29 is 19.0 Å². The Balaban J connectivity index is 1.74. The summed E-state index contributed by atoms with van der Waals surface area (Å²) in [6.07, 6.45) is -0.762. The Morgan fingerprint density at radius 2 is 1.47 bits per heavy atom. The molecule has 0 saturated heterocycles. The van der Waals surface area contributed by atoms with Crippen molar-refractivity contribution in [3.05, 3.63) is 75.4 Å². The van der Waals surface area contributed by atoms with Crippen molar-refractivity contribution in [3.63, 3.8) is 0 Å². The second-order valence-corrected chi connectivity index (χ2v) is 7.58. The highest BCUT2D eigenvalue weighted by atomic mass is 16.7. The molecule has 2 heterocycles. The summed E-state index contributed by atoms with van der Waals surface area (Å²) in [6.45, 7) is 11.3. The molecule has 0 radical (unpaired) electrons. The lowest BCUT2D eigenvalue weighted by Gasteiger charge is -2.19. The fourth-order valence-electron chi connectivity index (χ4n) is 3.11. The summed E-state index contributed by atoms with van der Waals surface area (Å²) < 4.78 is 16.9. The molecule has 3 rings (SSSR count). The van der Waals surface area contributed by atoms with Crippen LogP contribution in [0.1, 0.15) is 62.2 Å². The molecule has 2 aromatic heterocycles. The van der Waals surface area contributed by atoms with E-state index in [2.05, 4.69) is 19.9 Å². The van der Waals surface area contributed by atoms with E-state index in [1.54, 1.807) is 24.3 Å². The van der Waals surface area contributed by atoms with Gasteiger partial charge in [-0.2, -0.15) is 0 Å². The van der Waals surface area contributed by atoms with Crippen LogP contribution in [0.5, 0.6) is 5.75 Å². The zero-order valence-corrected chi connectivity index (χ0v) is 19.5. The minimum atomic E-state index is -0.762. The first-order valence-electron chi connectivity index (χ1n) is 10.3. The molecule has 0 fully saturated rings. The van der Waals surface area contributed by atoms with Crippen LogP contribution < -0.4 is 4.74 Å². The van der Waals surface area contributed by atoms with Gasteiger partial charge in [0.05, 0.1) is 45.4 Å². The zero-order chi connectivity index (χ0) is 23.4. The van der Waals surface area contributed by atoms with Crippen LogP contribution in [-0.4, -0.2) is 33.0 Å². The third-order valence-electron chi connectivity index (χ3n) is 5.19. The van der Waals surface area contributed by atoms with E-state index in [1.165, 1.54) is 7.11 Å². The zero-order valence-electron chi connectivity index (χ0n) is 19.5. The first kappa shape index (κ1) is 23.3. The number of nitrogens with zero attached hydrogens (tertiary/aromatic N) is 4. The SMILES string of the molecule is COC(Oc1cccc(C(=O)OCc2nc(C)c(C)nc2C)c1)c1nc(C)c(C)nc1C. The summed E-state index contributed by atoms with van der Waals surface area (Å²) in [5.41, 5.74) is 6.38.